The van der Waals surface area contributed by atoms with Crippen LogP contribution in [-0.2, 0) is 4.79 Å². The number of carboxylic acid groups (broad SMARTS) is 1. The molecule has 0 aromatic rings. The van der Waals surface area contributed by atoms with Crippen LogP contribution in [0, 0.1) is 0 Å². The van der Waals surface area contributed by atoms with E-state index in [-0.39, 0.29) is 18.5 Å². The van der Waals surface area contributed by atoms with Crippen LogP contribution in [0.25, 0.3) is 0 Å². The first-order valence-electron chi connectivity index (χ1n) is 5.78. The van der Waals surface area contributed by atoms with Crippen molar-refractivity contribution in [2.75, 3.05) is 12.8 Å². The summed E-state index contributed by atoms with van der Waals surface area (Å²) in [6.07, 6.45) is 3.48. The first-order valence-corrected chi connectivity index (χ1v) is 7.07. The quantitative estimate of drug-likeness (QED) is 0.622. The zero-order valence-corrected chi connectivity index (χ0v) is 11.5. The number of carbonyl (C=O) groups is 2. The van der Waals surface area contributed by atoms with Crippen LogP contribution in [-0.4, -0.2) is 41.2 Å². The lowest BCUT2D eigenvalue weighted by Crippen LogP contribution is -2.44. The predicted molar refractivity (Wildman–Crippen MR) is 70.5 cm³/mol. The molecule has 0 rings (SSSR count). The van der Waals surface area contributed by atoms with Crippen LogP contribution < -0.4 is 10.6 Å². The summed E-state index contributed by atoms with van der Waals surface area (Å²) in [7, 11) is 0. The van der Waals surface area contributed by atoms with Gasteiger partial charge in [-0.15, -0.1) is 0 Å². The largest absolute Gasteiger partial charge is 0.481 e. The van der Waals surface area contributed by atoms with Crippen LogP contribution in [0.2, 0.25) is 0 Å². The summed E-state index contributed by atoms with van der Waals surface area (Å²) in [6, 6.07) is -0.576. The molecule has 0 aliphatic rings. The highest BCUT2D eigenvalue weighted by Crippen LogP contribution is 2.03. The summed E-state index contributed by atoms with van der Waals surface area (Å²) in [5, 5.41) is 14.5. The maximum Gasteiger partial charge on any atom is 0.315 e. The molecule has 2 unspecified atom stereocenters. The highest BCUT2D eigenvalue weighted by molar-refractivity contribution is 7.99. The zero-order valence-electron chi connectivity index (χ0n) is 10.7. The summed E-state index contributed by atoms with van der Waals surface area (Å²) in [4.78, 5) is 22.1. The van der Waals surface area contributed by atoms with Crippen LogP contribution in [0.3, 0.4) is 0 Å². The van der Waals surface area contributed by atoms with E-state index in [0.29, 0.717) is 18.2 Å². The molecule has 0 aliphatic heterocycles. The molecule has 0 aromatic heterocycles. The molecule has 0 saturated carbocycles. The van der Waals surface area contributed by atoms with Crippen LogP contribution >= 0.6 is 11.8 Å². The van der Waals surface area contributed by atoms with Crippen molar-refractivity contribution in [1.82, 2.24) is 10.6 Å². The highest BCUT2D eigenvalue weighted by Gasteiger charge is 2.15. The van der Waals surface area contributed by atoms with Crippen molar-refractivity contribution < 1.29 is 14.7 Å². The minimum atomic E-state index is -0.888. The van der Waals surface area contributed by atoms with Crippen molar-refractivity contribution >= 4 is 23.8 Å². The second kappa shape index (κ2) is 9.15. The third-order valence-electron chi connectivity index (χ3n) is 2.35. The molecule has 0 fully saturated rings. The van der Waals surface area contributed by atoms with Crippen molar-refractivity contribution in [3.05, 3.63) is 0 Å². The molecule has 2 amide bonds. The van der Waals surface area contributed by atoms with E-state index in [1.807, 2.05) is 20.1 Å². The van der Waals surface area contributed by atoms with Crippen molar-refractivity contribution in [2.24, 2.45) is 0 Å². The van der Waals surface area contributed by atoms with Crippen LogP contribution in [0.4, 0.5) is 4.79 Å². The second-order valence-corrected chi connectivity index (χ2v) is 5.26. The fourth-order valence-electron chi connectivity index (χ4n) is 1.34. The minimum absolute atomic E-state index is 0.0284. The Morgan fingerprint density at radius 2 is 2.06 bits per heavy atom. The van der Waals surface area contributed by atoms with Crippen LogP contribution in [0.5, 0.6) is 0 Å². The molecular formula is C11H22N2O3S. The number of thioether (sulfide) groups is 1. The van der Waals surface area contributed by atoms with Gasteiger partial charge in [-0.05, 0) is 12.7 Å². The SMILES string of the molecule is CCCC(CC(=O)O)NC(=O)NCC(C)SC. The number of amides is 2. The Hall–Kier alpha value is -0.910. The minimum Gasteiger partial charge on any atom is -0.481 e. The van der Waals surface area contributed by atoms with E-state index in [1.54, 1.807) is 11.8 Å². The van der Waals surface area contributed by atoms with E-state index in [0.717, 1.165) is 6.42 Å². The number of urea groups is 1. The highest BCUT2D eigenvalue weighted by atomic mass is 32.2. The van der Waals surface area contributed by atoms with Crippen LogP contribution in [0.1, 0.15) is 33.1 Å². The maximum absolute atomic E-state index is 11.5. The summed E-state index contributed by atoms with van der Waals surface area (Å²) in [5.74, 6) is -0.888. The number of carbonyl (C=O) groups excluding carboxylic acids is 1. The van der Waals surface area contributed by atoms with Gasteiger partial charge >= 0.3 is 12.0 Å². The van der Waals surface area contributed by atoms with Gasteiger partial charge in [-0.25, -0.2) is 4.79 Å². The topological polar surface area (TPSA) is 78.4 Å². The molecular weight excluding hydrogens is 240 g/mol. The lowest BCUT2D eigenvalue weighted by molar-refractivity contribution is -0.137. The van der Waals surface area contributed by atoms with Crippen molar-refractivity contribution in [3.63, 3.8) is 0 Å². The van der Waals surface area contributed by atoms with E-state index in [9.17, 15) is 9.59 Å². The molecule has 2 atom stereocenters. The van der Waals surface area contributed by atoms with Gasteiger partial charge in [0.2, 0.25) is 0 Å². The Bertz CT molecular complexity index is 249. The monoisotopic (exact) mass is 262 g/mol. The maximum atomic E-state index is 11.5. The lowest BCUT2D eigenvalue weighted by Gasteiger charge is -2.17. The van der Waals surface area contributed by atoms with Gasteiger partial charge in [0.25, 0.3) is 0 Å². The Morgan fingerprint density at radius 1 is 1.41 bits per heavy atom. The molecule has 0 saturated heterocycles. The Balaban J connectivity index is 3.98. The number of rotatable bonds is 8. The third kappa shape index (κ3) is 8.85. The molecule has 0 aliphatic carbocycles. The fourth-order valence-corrected chi connectivity index (χ4v) is 1.59. The Morgan fingerprint density at radius 3 is 2.53 bits per heavy atom. The van der Waals surface area contributed by atoms with Gasteiger partial charge in [0.05, 0.1) is 6.42 Å². The smallest absolute Gasteiger partial charge is 0.315 e. The summed E-state index contributed by atoms with van der Waals surface area (Å²) in [5.41, 5.74) is 0. The first kappa shape index (κ1) is 16.1. The Kier molecular flexibility index (Phi) is 8.66. The first-order chi connectivity index (χ1) is 7.99. The van der Waals surface area contributed by atoms with Gasteiger partial charge in [-0.2, -0.15) is 11.8 Å². The van der Waals surface area contributed by atoms with Crippen molar-refractivity contribution in [2.45, 2.75) is 44.4 Å². The van der Waals surface area contributed by atoms with E-state index < -0.39 is 5.97 Å². The fraction of sp³-hybridized carbons (Fsp3) is 0.818. The standard InChI is InChI=1S/C11H22N2O3S/c1-4-5-9(6-10(14)15)13-11(16)12-7-8(2)17-3/h8-9H,4-7H2,1-3H3,(H,14,15)(H2,12,13,16). The summed E-state index contributed by atoms with van der Waals surface area (Å²) >= 11 is 1.67. The number of hydrogen-bond acceptors (Lipinski definition) is 3. The molecule has 0 heterocycles. The van der Waals surface area contributed by atoms with Crippen LogP contribution in [0.15, 0.2) is 0 Å². The molecule has 0 aromatic carbocycles. The van der Waals surface area contributed by atoms with Crippen molar-refractivity contribution in [3.8, 4) is 0 Å². The van der Waals surface area contributed by atoms with Gasteiger partial charge < -0.3 is 15.7 Å². The van der Waals surface area contributed by atoms with Gasteiger partial charge in [0.15, 0.2) is 0 Å². The van der Waals surface area contributed by atoms with E-state index in [2.05, 4.69) is 10.6 Å². The van der Waals surface area contributed by atoms with Gasteiger partial charge in [0, 0.05) is 17.8 Å². The zero-order chi connectivity index (χ0) is 13.3. The van der Waals surface area contributed by atoms with Gasteiger partial charge in [-0.3, -0.25) is 4.79 Å². The van der Waals surface area contributed by atoms with Gasteiger partial charge in [0.1, 0.15) is 0 Å². The molecule has 17 heavy (non-hydrogen) atoms. The average Bonchev–Trinajstić information content (AvgIpc) is 2.25. The molecule has 5 nitrogen and oxygen atoms in total. The molecule has 6 heteroatoms. The lowest BCUT2D eigenvalue weighted by atomic mass is 10.1. The molecule has 0 spiro atoms. The summed E-state index contributed by atoms with van der Waals surface area (Å²) in [6.45, 7) is 4.56. The van der Waals surface area contributed by atoms with Crippen molar-refractivity contribution in [1.29, 1.82) is 0 Å². The average molecular weight is 262 g/mol. The van der Waals surface area contributed by atoms with E-state index in [4.69, 9.17) is 5.11 Å². The normalized spacial score (nSPS) is 13.8. The van der Waals surface area contributed by atoms with Gasteiger partial charge in [-0.1, -0.05) is 20.3 Å². The predicted octanol–water partition coefficient (Wildman–Crippen LogP) is 1.68. The molecule has 3 N–H and O–H groups in total. The second-order valence-electron chi connectivity index (χ2n) is 3.98. The number of nitrogens with one attached hydrogen (secondary N) is 2. The molecule has 0 radical (unpaired) electrons. The number of carboxylic acids is 1. The Labute approximate surface area is 107 Å². The number of hydrogen-bond donors (Lipinski definition) is 3. The van der Waals surface area contributed by atoms with E-state index in [1.165, 1.54) is 0 Å². The third-order valence-corrected chi connectivity index (χ3v) is 3.32. The molecule has 100 valence electrons. The number of aliphatic carboxylic acids is 1. The summed E-state index contributed by atoms with van der Waals surface area (Å²) < 4.78 is 0. The van der Waals surface area contributed by atoms with E-state index >= 15 is 0 Å². The molecule has 0 bridgehead atoms.